The summed E-state index contributed by atoms with van der Waals surface area (Å²) in [6, 6.07) is 15.2. The number of benzene rings is 2. The number of ether oxygens (including phenoxy) is 2. The van der Waals surface area contributed by atoms with Crippen LogP contribution in [-0.2, 0) is 6.54 Å². The SMILES string of the molecule is CCN1CCC(Oc2ccc3c(c2)CN(C)CC3c2cccc(OC)c2)CC1. The van der Waals surface area contributed by atoms with E-state index in [4.69, 9.17) is 9.47 Å². The van der Waals surface area contributed by atoms with Gasteiger partial charge in [-0.3, -0.25) is 0 Å². The molecule has 28 heavy (non-hydrogen) atoms. The van der Waals surface area contributed by atoms with Crippen molar-refractivity contribution in [1.82, 2.24) is 9.80 Å². The summed E-state index contributed by atoms with van der Waals surface area (Å²) in [6.45, 7) is 7.67. The Morgan fingerprint density at radius 2 is 1.86 bits per heavy atom. The van der Waals surface area contributed by atoms with Crippen LogP contribution >= 0.6 is 0 Å². The minimum absolute atomic E-state index is 0.344. The van der Waals surface area contributed by atoms with E-state index < -0.39 is 0 Å². The first-order valence-corrected chi connectivity index (χ1v) is 10.5. The van der Waals surface area contributed by atoms with Gasteiger partial charge in [-0.05, 0) is 67.4 Å². The van der Waals surface area contributed by atoms with Crippen LogP contribution in [-0.4, -0.2) is 56.2 Å². The Bertz CT molecular complexity index is 799. The van der Waals surface area contributed by atoms with Gasteiger partial charge in [0.15, 0.2) is 0 Å². The lowest BCUT2D eigenvalue weighted by Crippen LogP contribution is -2.38. The molecular weight excluding hydrogens is 348 g/mol. The Hall–Kier alpha value is -2.04. The fourth-order valence-corrected chi connectivity index (χ4v) is 4.58. The second kappa shape index (κ2) is 8.54. The first kappa shape index (κ1) is 19.3. The molecule has 1 saturated heterocycles. The van der Waals surface area contributed by atoms with Gasteiger partial charge in [-0.15, -0.1) is 0 Å². The third-order valence-corrected chi connectivity index (χ3v) is 6.21. The van der Waals surface area contributed by atoms with Gasteiger partial charge in [0.05, 0.1) is 7.11 Å². The van der Waals surface area contributed by atoms with E-state index in [1.807, 2.05) is 6.07 Å². The van der Waals surface area contributed by atoms with Crippen molar-refractivity contribution < 1.29 is 9.47 Å². The molecule has 0 radical (unpaired) electrons. The zero-order chi connectivity index (χ0) is 19.5. The van der Waals surface area contributed by atoms with Crippen LogP contribution in [0.15, 0.2) is 42.5 Å². The summed E-state index contributed by atoms with van der Waals surface area (Å²) in [4.78, 5) is 4.90. The number of likely N-dealkylation sites (N-methyl/N-ethyl adjacent to an activating group) is 1. The minimum atomic E-state index is 0.344. The lowest BCUT2D eigenvalue weighted by molar-refractivity contribution is 0.103. The van der Waals surface area contributed by atoms with E-state index in [1.54, 1.807) is 7.11 Å². The highest BCUT2D eigenvalue weighted by atomic mass is 16.5. The van der Waals surface area contributed by atoms with Gasteiger partial charge >= 0.3 is 0 Å². The van der Waals surface area contributed by atoms with Crippen molar-refractivity contribution >= 4 is 0 Å². The van der Waals surface area contributed by atoms with Crippen LogP contribution < -0.4 is 9.47 Å². The van der Waals surface area contributed by atoms with Crippen LogP contribution in [0.5, 0.6) is 11.5 Å². The van der Waals surface area contributed by atoms with Crippen molar-refractivity contribution in [2.24, 2.45) is 0 Å². The average Bonchev–Trinajstić information content (AvgIpc) is 2.73. The van der Waals surface area contributed by atoms with Crippen molar-refractivity contribution in [2.45, 2.75) is 38.3 Å². The van der Waals surface area contributed by atoms with Crippen molar-refractivity contribution in [3.8, 4) is 11.5 Å². The van der Waals surface area contributed by atoms with Gasteiger partial charge in [0.1, 0.15) is 17.6 Å². The summed E-state index contributed by atoms with van der Waals surface area (Å²) < 4.78 is 11.8. The van der Waals surface area contributed by atoms with Gasteiger partial charge < -0.3 is 19.3 Å². The highest BCUT2D eigenvalue weighted by Gasteiger charge is 2.26. The minimum Gasteiger partial charge on any atom is -0.497 e. The quantitative estimate of drug-likeness (QED) is 0.778. The predicted molar refractivity (Wildman–Crippen MR) is 113 cm³/mol. The van der Waals surface area contributed by atoms with Crippen LogP contribution in [0.25, 0.3) is 0 Å². The average molecular weight is 381 g/mol. The van der Waals surface area contributed by atoms with Crippen LogP contribution in [0.2, 0.25) is 0 Å². The molecule has 0 amide bonds. The monoisotopic (exact) mass is 380 g/mol. The number of hydrogen-bond donors (Lipinski definition) is 0. The molecular formula is C24H32N2O2. The zero-order valence-corrected chi connectivity index (χ0v) is 17.4. The normalized spacial score (nSPS) is 21.3. The standard InChI is InChI=1S/C24H32N2O2/c1-4-26-12-10-20(11-13-26)28-22-8-9-23-19(15-22)16-25(2)17-24(23)18-6-5-7-21(14-18)27-3/h5-9,14-15,20,24H,4,10-13,16-17H2,1-3H3. The fraction of sp³-hybridized carbons (Fsp3) is 0.500. The molecule has 4 rings (SSSR count). The van der Waals surface area contributed by atoms with Crippen molar-refractivity contribution in [3.63, 3.8) is 0 Å². The van der Waals surface area contributed by atoms with Crippen LogP contribution in [0, 0.1) is 0 Å². The summed E-state index contributed by atoms with van der Waals surface area (Å²) in [7, 11) is 3.93. The second-order valence-corrected chi connectivity index (χ2v) is 8.14. The van der Waals surface area contributed by atoms with Crippen molar-refractivity contribution in [1.29, 1.82) is 0 Å². The molecule has 0 aliphatic carbocycles. The molecule has 1 unspecified atom stereocenters. The summed E-state index contributed by atoms with van der Waals surface area (Å²) >= 11 is 0. The number of methoxy groups -OCH3 is 1. The van der Waals surface area contributed by atoms with Crippen LogP contribution in [0.3, 0.4) is 0 Å². The van der Waals surface area contributed by atoms with E-state index in [-0.39, 0.29) is 0 Å². The van der Waals surface area contributed by atoms with E-state index in [0.717, 1.165) is 57.1 Å². The lowest BCUT2D eigenvalue weighted by atomic mass is 9.84. The molecule has 2 heterocycles. The van der Waals surface area contributed by atoms with Gasteiger partial charge in [0.2, 0.25) is 0 Å². The van der Waals surface area contributed by atoms with Gasteiger partial charge in [-0.1, -0.05) is 25.1 Å². The van der Waals surface area contributed by atoms with Crippen LogP contribution in [0.1, 0.15) is 42.4 Å². The largest absolute Gasteiger partial charge is 0.497 e. The highest BCUT2D eigenvalue weighted by Crippen LogP contribution is 2.36. The van der Waals surface area contributed by atoms with Crippen molar-refractivity contribution in [2.75, 3.05) is 40.3 Å². The summed E-state index contributed by atoms with van der Waals surface area (Å²) in [6.07, 6.45) is 2.59. The second-order valence-electron chi connectivity index (χ2n) is 8.14. The molecule has 2 aromatic rings. The number of likely N-dealkylation sites (tertiary alicyclic amines) is 1. The molecule has 4 nitrogen and oxygen atoms in total. The molecule has 0 N–H and O–H groups in total. The molecule has 0 bridgehead atoms. The molecule has 0 spiro atoms. The molecule has 2 aliphatic heterocycles. The molecule has 1 atom stereocenters. The predicted octanol–water partition coefficient (Wildman–Crippen LogP) is 4.14. The number of rotatable bonds is 5. The molecule has 2 aromatic carbocycles. The maximum absolute atomic E-state index is 6.36. The molecule has 0 saturated carbocycles. The van der Waals surface area contributed by atoms with E-state index in [0.29, 0.717) is 12.0 Å². The maximum Gasteiger partial charge on any atom is 0.120 e. The first-order valence-electron chi connectivity index (χ1n) is 10.5. The fourth-order valence-electron chi connectivity index (χ4n) is 4.58. The van der Waals surface area contributed by atoms with Crippen molar-refractivity contribution in [3.05, 3.63) is 59.2 Å². The first-order chi connectivity index (χ1) is 13.7. The molecule has 4 heteroatoms. The third-order valence-electron chi connectivity index (χ3n) is 6.21. The molecule has 2 aliphatic rings. The van der Waals surface area contributed by atoms with Gasteiger partial charge in [-0.2, -0.15) is 0 Å². The number of nitrogens with zero attached hydrogens (tertiary/aromatic N) is 2. The van der Waals surface area contributed by atoms with Gasteiger partial charge in [0.25, 0.3) is 0 Å². The Morgan fingerprint density at radius 3 is 2.61 bits per heavy atom. The Morgan fingerprint density at radius 1 is 1.04 bits per heavy atom. The zero-order valence-electron chi connectivity index (χ0n) is 17.4. The van der Waals surface area contributed by atoms with E-state index in [9.17, 15) is 0 Å². The summed E-state index contributed by atoms with van der Waals surface area (Å²) in [5.74, 6) is 2.31. The van der Waals surface area contributed by atoms with E-state index in [2.05, 4.69) is 60.2 Å². The highest BCUT2D eigenvalue weighted by molar-refractivity contribution is 5.45. The summed E-state index contributed by atoms with van der Waals surface area (Å²) in [5.41, 5.74) is 4.11. The Labute approximate surface area is 169 Å². The van der Waals surface area contributed by atoms with E-state index in [1.165, 1.54) is 16.7 Å². The topological polar surface area (TPSA) is 24.9 Å². The number of hydrogen-bond acceptors (Lipinski definition) is 4. The van der Waals surface area contributed by atoms with Gasteiger partial charge in [0, 0.05) is 32.1 Å². The van der Waals surface area contributed by atoms with Gasteiger partial charge in [-0.25, -0.2) is 0 Å². The van der Waals surface area contributed by atoms with Crippen LogP contribution in [0.4, 0.5) is 0 Å². The number of fused-ring (bicyclic) bond motifs is 1. The molecule has 0 aromatic heterocycles. The lowest BCUT2D eigenvalue weighted by Gasteiger charge is -2.34. The third kappa shape index (κ3) is 4.18. The molecule has 150 valence electrons. The Kier molecular flexibility index (Phi) is 5.88. The Balaban J connectivity index is 1.53. The smallest absolute Gasteiger partial charge is 0.120 e. The molecule has 1 fully saturated rings. The maximum atomic E-state index is 6.36. The number of piperidine rings is 1. The summed E-state index contributed by atoms with van der Waals surface area (Å²) in [5, 5.41) is 0. The van der Waals surface area contributed by atoms with E-state index >= 15 is 0 Å².